The van der Waals surface area contributed by atoms with E-state index in [0.717, 1.165) is 31.6 Å². The summed E-state index contributed by atoms with van der Waals surface area (Å²) < 4.78 is 5.27. The molecule has 0 N–H and O–H groups in total. The second kappa shape index (κ2) is 5.96. The van der Waals surface area contributed by atoms with Crippen molar-refractivity contribution in [2.45, 2.75) is 16.8 Å². The molecule has 3 rings (SSSR count). The Hall–Kier alpha value is -1.71. The fraction of sp³-hybridized carbons (Fsp3) is 0.118. The highest BCUT2D eigenvalue weighted by Gasteiger charge is 2.06. The van der Waals surface area contributed by atoms with Gasteiger partial charge in [-0.05, 0) is 55.0 Å². The third kappa shape index (κ3) is 3.14. The Morgan fingerprint density at radius 1 is 1.05 bits per heavy atom. The first kappa shape index (κ1) is 14.2. The predicted molar refractivity (Wildman–Crippen MR) is 88.6 cm³/mol. The van der Waals surface area contributed by atoms with Crippen LogP contribution in [0.2, 0.25) is 5.02 Å². The summed E-state index contributed by atoms with van der Waals surface area (Å²) in [6.45, 7) is 2.10. The lowest BCUT2D eigenvalue weighted by molar-refractivity contribution is 0.415. The van der Waals surface area contributed by atoms with E-state index in [0.29, 0.717) is 0 Å². The van der Waals surface area contributed by atoms with Crippen LogP contribution in [0.3, 0.4) is 0 Å². The maximum Gasteiger partial charge on any atom is 0.121 e. The highest BCUT2D eigenvalue weighted by molar-refractivity contribution is 7.99. The molecule has 0 bridgehead atoms. The molecule has 1 aromatic heterocycles. The summed E-state index contributed by atoms with van der Waals surface area (Å²) in [5, 5.41) is 2.86. The number of methoxy groups -OCH3 is 1. The van der Waals surface area contributed by atoms with Gasteiger partial charge in [-0.2, -0.15) is 0 Å². The number of hydrogen-bond acceptors (Lipinski definition) is 3. The highest BCUT2D eigenvalue weighted by atomic mass is 35.5. The van der Waals surface area contributed by atoms with Crippen LogP contribution in [0.25, 0.3) is 10.9 Å². The lowest BCUT2D eigenvalue weighted by atomic mass is 10.1. The molecule has 106 valence electrons. The molecule has 1 heterocycles. The topological polar surface area (TPSA) is 22.1 Å². The summed E-state index contributed by atoms with van der Waals surface area (Å²) in [4.78, 5) is 5.83. The Balaban J connectivity index is 2.00. The number of pyridine rings is 1. The van der Waals surface area contributed by atoms with Crippen LogP contribution >= 0.6 is 23.4 Å². The number of nitrogens with zero attached hydrogens (tertiary/aromatic N) is 1. The van der Waals surface area contributed by atoms with Gasteiger partial charge in [0.1, 0.15) is 10.8 Å². The third-order valence-corrected chi connectivity index (χ3v) is 4.41. The van der Waals surface area contributed by atoms with E-state index in [2.05, 4.69) is 13.0 Å². The van der Waals surface area contributed by atoms with Crippen molar-refractivity contribution in [3.8, 4) is 5.75 Å². The van der Waals surface area contributed by atoms with E-state index in [-0.39, 0.29) is 0 Å². The van der Waals surface area contributed by atoms with Crippen molar-refractivity contribution in [3.63, 3.8) is 0 Å². The zero-order valence-corrected chi connectivity index (χ0v) is 13.3. The number of rotatable bonds is 3. The molecule has 0 saturated heterocycles. The number of benzene rings is 2. The van der Waals surface area contributed by atoms with Gasteiger partial charge in [-0.15, -0.1) is 0 Å². The van der Waals surface area contributed by atoms with Gasteiger partial charge >= 0.3 is 0 Å². The van der Waals surface area contributed by atoms with E-state index in [9.17, 15) is 0 Å². The quantitative estimate of drug-likeness (QED) is 0.650. The molecule has 0 aliphatic rings. The van der Waals surface area contributed by atoms with Gasteiger partial charge in [0.05, 0.1) is 12.6 Å². The average Bonchev–Trinajstić information content (AvgIpc) is 2.49. The summed E-state index contributed by atoms with van der Waals surface area (Å²) in [5.41, 5.74) is 2.16. The summed E-state index contributed by atoms with van der Waals surface area (Å²) in [6.07, 6.45) is 0. The maximum atomic E-state index is 5.91. The molecule has 4 heteroatoms. The number of fused-ring (bicyclic) bond motifs is 1. The number of ether oxygens (including phenoxy) is 1. The van der Waals surface area contributed by atoms with Gasteiger partial charge in [-0.25, -0.2) is 4.98 Å². The number of halogens is 1. The normalized spacial score (nSPS) is 10.8. The van der Waals surface area contributed by atoms with Gasteiger partial charge in [-0.3, -0.25) is 0 Å². The van der Waals surface area contributed by atoms with Gasteiger partial charge < -0.3 is 4.74 Å². The van der Waals surface area contributed by atoms with Gasteiger partial charge in [0.15, 0.2) is 0 Å². The van der Waals surface area contributed by atoms with E-state index >= 15 is 0 Å². The molecule has 0 unspecified atom stereocenters. The Kier molecular flexibility index (Phi) is 4.04. The van der Waals surface area contributed by atoms with Crippen LogP contribution in [0.5, 0.6) is 5.75 Å². The van der Waals surface area contributed by atoms with E-state index < -0.39 is 0 Å². The molecule has 21 heavy (non-hydrogen) atoms. The van der Waals surface area contributed by atoms with Crippen molar-refractivity contribution in [2.24, 2.45) is 0 Å². The van der Waals surface area contributed by atoms with Crippen LogP contribution in [0.15, 0.2) is 58.5 Å². The molecule has 2 nitrogen and oxygen atoms in total. The summed E-state index contributed by atoms with van der Waals surface area (Å²) >= 11 is 7.54. The minimum Gasteiger partial charge on any atom is -0.497 e. The largest absolute Gasteiger partial charge is 0.497 e. The van der Waals surface area contributed by atoms with Crippen molar-refractivity contribution < 1.29 is 4.74 Å². The summed E-state index contributed by atoms with van der Waals surface area (Å²) in [5.74, 6) is 0.822. The Labute approximate surface area is 133 Å². The van der Waals surface area contributed by atoms with E-state index in [1.807, 2.05) is 42.5 Å². The first-order valence-electron chi connectivity index (χ1n) is 6.54. The van der Waals surface area contributed by atoms with Crippen molar-refractivity contribution in [1.29, 1.82) is 0 Å². The van der Waals surface area contributed by atoms with E-state index in [1.54, 1.807) is 18.9 Å². The molecule has 0 saturated carbocycles. The molecule has 0 radical (unpaired) electrons. The van der Waals surface area contributed by atoms with E-state index in [1.165, 1.54) is 5.56 Å². The number of aromatic nitrogens is 1. The van der Waals surface area contributed by atoms with Gasteiger partial charge in [0.25, 0.3) is 0 Å². The summed E-state index contributed by atoms with van der Waals surface area (Å²) in [7, 11) is 1.67. The van der Waals surface area contributed by atoms with Gasteiger partial charge in [0, 0.05) is 21.4 Å². The Bertz CT molecular complexity index is 787. The molecule has 0 aliphatic heterocycles. The third-order valence-electron chi connectivity index (χ3n) is 3.24. The summed E-state index contributed by atoms with van der Waals surface area (Å²) in [6, 6.07) is 15.9. The maximum absolute atomic E-state index is 5.91. The predicted octanol–water partition coefficient (Wildman–Crippen LogP) is 5.36. The van der Waals surface area contributed by atoms with Gasteiger partial charge in [-0.1, -0.05) is 23.4 Å². The molecular weight excluding hydrogens is 302 g/mol. The SMILES string of the molecule is COc1ccc2c(C)cc(Sc3ccc(Cl)cc3)nc2c1. The highest BCUT2D eigenvalue weighted by Crippen LogP contribution is 2.31. The second-order valence-electron chi connectivity index (χ2n) is 4.72. The van der Waals surface area contributed by atoms with Crippen molar-refractivity contribution in [1.82, 2.24) is 4.98 Å². The van der Waals surface area contributed by atoms with Gasteiger partial charge in [0.2, 0.25) is 0 Å². The van der Waals surface area contributed by atoms with Crippen LogP contribution in [0, 0.1) is 6.92 Å². The zero-order chi connectivity index (χ0) is 14.8. The molecule has 0 aliphatic carbocycles. The zero-order valence-electron chi connectivity index (χ0n) is 11.8. The molecule has 0 atom stereocenters. The second-order valence-corrected chi connectivity index (χ2v) is 6.25. The lowest BCUT2D eigenvalue weighted by Gasteiger charge is -2.08. The smallest absolute Gasteiger partial charge is 0.121 e. The van der Waals surface area contributed by atoms with Crippen molar-refractivity contribution >= 4 is 34.3 Å². The average molecular weight is 316 g/mol. The van der Waals surface area contributed by atoms with Crippen LogP contribution in [-0.2, 0) is 0 Å². The van der Waals surface area contributed by atoms with Crippen molar-refractivity contribution in [2.75, 3.05) is 7.11 Å². The molecule has 3 aromatic rings. The monoisotopic (exact) mass is 315 g/mol. The standard InChI is InChI=1S/C17H14ClNOS/c1-11-9-17(21-14-6-3-12(18)4-7-14)19-16-10-13(20-2)5-8-15(11)16/h3-10H,1-2H3. The molecule has 2 aromatic carbocycles. The Morgan fingerprint density at radius 3 is 2.52 bits per heavy atom. The van der Waals surface area contributed by atoms with Crippen molar-refractivity contribution in [3.05, 3.63) is 59.1 Å². The first-order valence-corrected chi connectivity index (χ1v) is 7.74. The number of hydrogen-bond donors (Lipinski definition) is 0. The number of aryl methyl sites for hydroxylation is 1. The Morgan fingerprint density at radius 2 is 1.81 bits per heavy atom. The first-order chi connectivity index (χ1) is 10.2. The fourth-order valence-electron chi connectivity index (χ4n) is 2.15. The minimum atomic E-state index is 0.742. The molecule has 0 spiro atoms. The fourth-order valence-corrected chi connectivity index (χ4v) is 3.17. The van der Waals surface area contributed by atoms with Crippen LogP contribution in [0.1, 0.15) is 5.56 Å². The molecule has 0 amide bonds. The van der Waals surface area contributed by atoms with Crippen LogP contribution in [-0.4, -0.2) is 12.1 Å². The molecular formula is C17H14ClNOS. The molecule has 0 fully saturated rings. The lowest BCUT2D eigenvalue weighted by Crippen LogP contribution is -1.89. The van der Waals surface area contributed by atoms with E-state index in [4.69, 9.17) is 21.3 Å². The van der Waals surface area contributed by atoms with Crippen LogP contribution < -0.4 is 4.74 Å². The minimum absolute atomic E-state index is 0.742. The van der Waals surface area contributed by atoms with Crippen LogP contribution in [0.4, 0.5) is 0 Å².